The first kappa shape index (κ1) is 11.0. The molecule has 0 aliphatic carbocycles. The number of morpholine rings is 1. The van der Waals surface area contributed by atoms with Gasteiger partial charge in [-0.25, -0.2) is 0 Å². The van der Waals surface area contributed by atoms with E-state index in [0.29, 0.717) is 13.2 Å². The van der Waals surface area contributed by atoms with Crippen LogP contribution in [0.4, 0.5) is 5.69 Å². The number of hydrogen-bond donors (Lipinski definition) is 2. The number of amides is 1. The number of pyridine rings is 1. The quantitative estimate of drug-likeness (QED) is 0.754. The SMILES string of the molecule is Cc1cnccc1NC(=O)[C@H]1CNCCO1. The van der Waals surface area contributed by atoms with Crippen LogP contribution >= 0.6 is 0 Å². The summed E-state index contributed by atoms with van der Waals surface area (Å²) in [5.74, 6) is -0.110. The first-order valence-electron chi connectivity index (χ1n) is 5.31. The fraction of sp³-hybridized carbons (Fsp3) is 0.455. The van der Waals surface area contributed by atoms with E-state index < -0.39 is 6.10 Å². The van der Waals surface area contributed by atoms with Crippen LogP contribution < -0.4 is 10.6 Å². The van der Waals surface area contributed by atoms with Gasteiger partial charge in [-0.1, -0.05) is 0 Å². The minimum atomic E-state index is -0.402. The lowest BCUT2D eigenvalue weighted by molar-refractivity contribution is -0.128. The summed E-state index contributed by atoms with van der Waals surface area (Å²) < 4.78 is 5.36. The van der Waals surface area contributed by atoms with Crippen LogP contribution in [0.5, 0.6) is 0 Å². The molecule has 1 saturated heterocycles. The lowest BCUT2D eigenvalue weighted by atomic mass is 10.2. The first-order chi connectivity index (χ1) is 7.77. The summed E-state index contributed by atoms with van der Waals surface area (Å²) in [6.07, 6.45) is 2.97. The van der Waals surface area contributed by atoms with E-state index in [-0.39, 0.29) is 5.91 Å². The minimum absolute atomic E-state index is 0.110. The Morgan fingerprint density at radius 3 is 3.25 bits per heavy atom. The second-order valence-electron chi connectivity index (χ2n) is 3.74. The average molecular weight is 221 g/mol. The van der Waals surface area contributed by atoms with Gasteiger partial charge in [0.25, 0.3) is 5.91 Å². The van der Waals surface area contributed by atoms with E-state index in [1.54, 1.807) is 18.5 Å². The van der Waals surface area contributed by atoms with Crippen molar-refractivity contribution in [3.8, 4) is 0 Å². The first-order valence-corrected chi connectivity index (χ1v) is 5.31. The van der Waals surface area contributed by atoms with Gasteiger partial charge in [0.1, 0.15) is 6.10 Å². The summed E-state index contributed by atoms with van der Waals surface area (Å²) in [6, 6.07) is 1.78. The van der Waals surface area contributed by atoms with Gasteiger partial charge in [-0.2, -0.15) is 0 Å². The van der Waals surface area contributed by atoms with Crippen LogP contribution in [-0.4, -0.2) is 36.7 Å². The van der Waals surface area contributed by atoms with E-state index in [1.165, 1.54) is 0 Å². The van der Waals surface area contributed by atoms with Crippen LogP contribution in [-0.2, 0) is 9.53 Å². The van der Waals surface area contributed by atoms with Crippen molar-refractivity contribution in [1.29, 1.82) is 0 Å². The molecule has 5 heteroatoms. The minimum Gasteiger partial charge on any atom is -0.366 e. The Labute approximate surface area is 94.2 Å². The van der Waals surface area contributed by atoms with E-state index in [2.05, 4.69) is 15.6 Å². The summed E-state index contributed by atoms with van der Waals surface area (Å²) >= 11 is 0. The number of rotatable bonds is 2. The van der Waals surface area contributed by atoms with Gasteiger partial charge in [-0.15, -0.1) is 0 Å². The Bertz CT molecular complexity index is 375. The zero-order chi connectivity index (χ0) is 11.4. The second-order valence-corrected chi connectivity index (χ2v) is 3.74. The van der Waals surface area contributed by atoms with E-state index in [9.17, 15) is 4.79 Å². The smallest absolute Gasteiger partial charge is 0.254 e. The molecule has 0 radical (unpaired) electrons. The van der Waals surface area contributed by atoms with E-state index in [1.807, 2.05) is 6.92 Å². The summed E-state index contributed by atoms with van der Waals surface area (Å²) in [5, 5.41) is 5.95. The number of ether oxygens (including phenoxy) is 1. The zero-order valence-corrected chi connectivity index (χ0v) is 9.19. The predicted molar refractivity (Wildman–Crippen MR) is 60.2 cm³/mol. The number of carbonyl (C=O) groups excluding carboxylic acids is 1. The van der Waals surface area contributed by atoms with E-state index >= 15 is 0 Å². The number of nitrogens with zero attached hydrogens (tertiary/aromatic N) is 1. The largest absolute Gasteiger partial charge is 0.366 e. The molecule has 2 heterocycles. The summed E-state index contributed by atoms with van der Waals surface area (Å²) in [7, 11) is 0. The van der Waals surface area contributed by atoms with Gasteiger partial charge in [0.05, 0.1) is 6.61 Å². The van der Waals surface area contributed by atoms with Crippen LogP contribution in [0.15, 0.2) is 18.5 Å². The highest BCUT2D eigenvalue weighted by molar-refractivity contribution is 5.94. The van der Waals surface area contributed by atoms with Gasteiger partial charge in [-0.3, -0.25) is 9.78 Å². The van der Waals surface area contributed by atoms with Crippen LogP contribution in [0.1, 0.15) is 5.56 Å². The molecule has 0 bridgehead atoms. The van der Waals surface area contributed by atoms with E-state index in [0.717, 1.165) is 17.8 Å². The Kier molecular flexibility index (Phi) is 3.48. The fourth-order valence-corrected chi connectivity index (χ4v) is 1.56. The van der Waals surface area contributed by atoms with E-state index in [4.69, 9.17) is 4.74 Å². The van der Waals surface area contributed by atoms with Gasteiger partial charge < -0.3 is 15.4 Å². The molecule has 1 aliphatic rings. The summed E-state index contributed by atoms with van der Waals surface area (Å²) in [4.78, 5) is 15.8. The molecule has 0 unspecified atom stereocenters. The van der Waals surface area contributed by atoms with Crippen molar-refractivity contribution in [2.45, 2.75) is 13.0 Å². The number of anilines is 1. The molecular weight excluding hydrogens is 206 g/mol. The maximum Gasteiger partial charge on any atom is 0.254 e. The molecule has 2 rings (SSSR count). The monoisotopic (exact) mass is 221 g/mol. The molecule has 1 fully saturated rings. The molecule has 1 aromatic heterocycles. The number of nitrogens with one attached hydrogen (secondary N) is 2. The van der Waals surface area contributed by atoms with Crippen molar-refractivity contribution < 1.29 is 9.53 Å². The normalized spacial score (nSPS) is 20.4. The highest BCUT2D eigenvalue weighted by Gasteiger charge is 2.21. The Morgan fingerprint density at radius 1 is 1.69 bits per heavy atom. The van der Waals surface area contributed by atoms with Gasteiger partial charge in [0, 0.05) is 31.2 Å². The molecule has 0 spiro atoms. The lowest BCUT2D eigenvalue weighted by Gasteiger charge is -2.22. The third-order valence-electron chi connectivity index (χ3n) is 2.50. The number of hydrogen-bond acceptors (Lipinski definition) is 4. The van der Waals surface area contributed by atoms with Crippen molar-refractivity contribution >= 4 is 11.6 Å². The number of aryl methyl sites for hydroxylation is 1. The molecule has 1 amide bonds. The standard InChI is InChI=1S/C11H15N3O2/c1-8-6-12-3-2-9(8)14-11(15)10-7-13-4-5-16-10/h2-3,6,10,13H,4-5,7H2,1H3,(H,12,14,15)/t10-/m1/s1. The molecule has 0 saturated carbocycles. The highest BCUT2D eigenvalue weighted by Crippen LogP contribution is 2.12. The molecule has 16 heavy (non-hydrogen) atoms. The van der Waals surface area contributed by atoms with Crippen molar-refractivity contribution in [1.82, 2.24) is 10.3 Å². The molecule has 1 aliphatic heterocycles. The van der Waals surface area contributed by atoms with Crippen LogP contribution in [0.2, 0.25) is 0 Å². The van der Waals surface area contributed by atoms with Crippen molar-refractivity contribution in [3.05, 3.63) is 24.0 Å². The topological polar surface area (TPSA) is 63.2 Å². The summed E-state index contributed by atoms with van der Waals surface area (Å²) in [6.45, 7) is 3.85. The fourth-order valence-electron chi connectivity index (χ4n) is 1.56. The maximum atomic E-state index is 11.8. The third kappa shape index (κ3) is 2.56. The van der Waals surface area contributed by atoms with Crippen molar-refractivity contribution in [2.24, 2.45) is 0 Å². The zero-order valence-electron chi connectivity index (χ0n) is 9.19. The van der Waals surface area contributed by atoms with Crippen molar-refractivity contribution in [3.63, 3.8) is 0 Å². The molecule has 1 atom stereocenters. The van der Waals surface area contributed by atoms with Gasteiger partial charge in [-0.05, 0) is 18.6 Å². The molecular formula is C11H15N3O2. The molecule has 1 aromatic rings. The van der Waals surface area contributed by atoms with Crippen LogP contribution in [0.3, 0.4) is 0 Å². The molecule has 0 aromatic carbocycles. The Balaban J connectivity index is 1.99. The second kappa shape index (κ2) is 5.05. The van der Waals surface area contributed by atoms with Gasteiger partial charge in [0.2, 0.25) is 0 Å². The molecule has 2 N–H and O–H groups in total. The Morgan fingerprint density at radius 2 is 2.56 bits per heavy atom. The van der Waals surface area contributed by atoms with Gasteiger partial charge >= 0.3 is 0 Å². The maximum absolute atomic E-state index is 11.8. The van der Waals surface area contributed by atoms with Crippen molar-refractivity contribution in [2.75, 3.05) is 25.0 Å². The lowest BCUT2D eigenvalue weighted by Crippen LogP contribution is -2.45. The number of aromatic nitrogens is 1. The average Bonchev–Trinajstić information content (AvgIpc) is 2.33. The van der Waals surface area contributed by atoms with Crippen LogP contribution in [0, 0.1) is 6.92 Å². The van der Waals surface area contributed by atoms with Crippen LogP contribution in [0.25, 0.3) is 0 Å². The summed E-state index contributed by atoms with van der Waals surface area (Å²) in [5.41, 5.74) is 1.73. The Hall–Kier alpha value is -1.46. The van der Waals surface area contributed by atoms with Gasteiger partial charge in [0.15, 0.2) is 0 Å². The molecule has 86 valence electrons. The predicted octanol–water partition coefficient (Wildman–Crippen LogP) is 0.317. The highest BCUT2D eigenvalue weighted by atomic mass is 16.5. The third-order valence-corrected chi connectivity index (χ3v) is 2.50. The molecule has 5 nitrogen and oxygen atoms in total. The number of carbonyl (C=O) groups is 1.